The molecule has 0 aromatic carbocycles. The molecule has 0 radical (unpaired) electrons. The molecule has 9 nitrogen and oxygen atoms in total. The molecule has 10 heteroatoms. The van der Waals surface area contributed by atoms with Crippen LogP contribution in [0.5, 0.6) is 0 Å². The maximum Gasteiger partial charge on any atom is 0.254 e. The maximum absolute atomic E-state index is 13.8. The van der Waals surface area contributed by atoms with Crippen molar-refractivity contribution in [2.45, 2.75) is 0 Å². The fourth-order valence-corrected chi connectivity index (χ4v) is 3.38. The minimum atomic E-state index is -0.210. The van der Waals surface area contributed by atoms with Gasteiger partial charge in [-0.25, -0.2) is 19.3 Å². The van der Waals surface area contributed by atoms with Crippen molar-refractivity contribution in [3.05, 3.63) is 48.3 Å². The summed E-state index contributed by atoms with van der Waals surface area (Å²) in [5.74, 6) is 0.736. The second kappa shape index (κ2) is 7.22. The Balaban J connectivity index is 1.50. The third-order valence-electron chi connectivity index (χ3n) is 4.84. The van der Waals surface area contributed by atoms with Crippen LogP contribution in [-0.4, -0.2) is 58.1 Å². The first kappa shape index (κ1) is 17.7. The van der Waals surface area contributed by atoms with Gasteiger partial charge in [0.1, 0.15) is 18.3 Å². The van der Waals surface area contributed by atoms with Crippen LogP contribution in [-0.2, 0) is 9.53 Å². The van der Waals surface area contributed by atoms with Crippen LogP contribution in [0.4, 0.5) is 16.0 Å². The van der Waals surface area contributed by atoms with Crippen LogP contribution >= 0.6 is 0 Å². The lowest BCUT2D eigenvalue weighted by atomic mass is 10.3. The number of carbonyl (C=O) groups excluding carboxylic acids is 1. The van der Waals surface area contributed by atoms with E-state index in [1.54, 1.807) is 29.6 Å². The highest BCUT2D eigenvalue weighted by Gasteiger charge is 2.22. The topological polar surface area (TPSA) is 96.7 Å². The second-order valence-corrected chi connectivity index (χ2v) is 6.74. The number of imidazole rings is 1. The van der Waals surface area contributed by atoms with Crippen LogP contribution in [0, 0.1) is 0 Å². The largest absolute Gasteiger partial charge is 0.370 e. The van der Waals surface area contributed by atoms with Gasteiger partial charge in [-0.3, -0.25) is 14.1 Å². The molecule has 2 N–H and O–H groups in total. The smallest absolute Gasteiger partial charge is 0.254 e. The number of ether oxygens (including phenoxy) is 1. The number of amides is 1. The van der Waals surface area contributed by atoms with E-state index in [-0.39, 0.29) is 24.9 Å². The van der Waals surface area contributed by atoms with E-state index < -0.39 is 0 Å². The molecule has 2 aliphatic rings. The first-order chi connectivity index (χ1) is 14.2. The van der Waals surface area contributed by atoms with Gasteiger partial charge in [0.25, 0.3) is 5.91 Å². The maximum atomic E-state index is 13.8. The van der Waals surface area contributed by atoms with Crippen LogP contribution in [0.1, 0.15) is 0 Å². The number of fused-ring (bicyclic) bond motifs is 1. The van der Waals surface area contributed by atoms with E-state index in [0.717, 1.165) is 5.69 Å². The van der Waals surface area contributed by atoms with E-state index >= 15 is 0 Å². The molecule has 0 unspecified atom stereocenters. The van der Waals surface area contributed by atoms with Crippen molar-refractivity contribution in [1.29, 1.82) is 0 Å². The third-order valence-corrected chi connectivity index (χ3v) is 4.84. The van der Waals surface area contributed by atoms with Gasteiger partial charge in [-0.05, 0) is 12.1 Å². The van der Waals surface area contributed by atoms with Crippen molar-refractivity contribution < 1.29 is 13.9 Å². The summed E-state index contributed by atoms with van der Waals surface area (Å²) in [5.41, 5.74) is 2.54. The number of pyridine rings is 1. The molecule has 3 aromatic rings. The zero-order valence-electron chi connectivity index (χ0n) is 15.4. The highest BCUT2D eigenvalue weighted by Crippen LogP contribution is 2.24. The number of nitrogens with one attached hydrogen (secondary N) is 2. The molecule has 3 aromatic heterocycles. The van der Waals surface area contributed by atoms with Gasteiger partial charge in [0.15, 0.2) is 11.5 Å². The number of halogens is 1. The SMILES string of the molecule is O=C1COCCN1c1cn2c(-c3cccc(NC4=C(F)CNC4)n3)cnc2cn1. The molecule has 1 fully saturated rings. The minimum Gasteiger partial charge on any atom is -0.370 e. The van der Waals surface area contributed by atoms with Crippen molar-refractivity contribution in [1.82, 2.24) is 24.7 Å². The Labute approximate surface area is 165 Å². The van der Waals surface area contributed by atoms with Crippen molar-refractivity contribution in [3.63, 3.8) is 0 Å². The van der Waals surface area contributed by atoms with Crippen LogP contribution in [0.2, 0.25) is 0 Å². The Hall–Kier alpha value is -3.37. The van der Waals surface area contributed by atoms with Crippen molar-refractivity contribution >= 4 is 23.2 Å². The van der Waals surface area contributed by atoms with E-state index in [1.165, 1.54) is 0 Å². The first-order valence-electron chi connectivity index (χ1n) is 9.23. The Morgan fingerprint density at radius 1 is 1.21 bits per heavy atom. The van der Waals surface area contributed by atoms with Gasteiger partial charge in [0.2, 0.25) is 0 Å². The molecule has 29 heavy (non-hydrogen) atoms. The lowest BCUT2D eigenvalue weighted by Gasteiger charge is -2.25. The number of rotatable bonds is 4. The summed E-state index contributed by atoms with van der Waals surface area (Å²) in [6, 6.07) is 5.48. The molecule has 5 heterocycles. The summed E-state index contributed by atoms with van der Waals surface area (Å²) in [5, 5.41) is 5.98. The van der Waals surface area contributed by atoms with E-state index in [1.807, 2.05) is 16.5 Å². The Morgan fingerprint density at radius 3 is 2.97 bits per heavy atom. The van der Waals surface area contributed by atoms with Gasteiger partial charge in [0.05, 0.1) is 48.8 Å². The first-order valence-corrected chi connectivity index (χ1v) is 9.23. The van der Waals surface area contributed by atoms with Crippen molar-refractivity contribution in [2.24, 2.45) is 0 Å². The molecule has 0 bridgehead atoms. The zero-order valence-corrected chi connectivity index (χ0v) is 15.4. The van der Waals surface area contributed by atoms with Gasteiger partial charge in [-0.2, -0.15) is 0 Å². The standard InChI is InChI=1S/C19H18FN7O2/c20-12-6-21-7-14(12)25-16-3-1-2-13(24-16)15-8-22-17-9-23-18(10-27(15)17)26-4-5-29-11-19(26)28/h1-3,8-10,21H,4-7,11H2,(H,24,25). The highest BCUT2D eigenvalue weighted by atomic mass is 19.1. The molecule has 0 saturated carbocycles. The summed E-state index contributed by atoms with van der Waals surface area (Å²) in [6.45, 7) is 1.64. The summed E-state index contributed by atoms with van der Waals surface area (Å²) in [7, 11) is 0. The predicted octanol–water partition coefficient (Wildman–Crippen LogP) is 1.35. The molecule has 148 valence electrons. The van der Waals surface area contributed by atoms with Crippen molar-refractivity contribution in [3.8, 4) is 11.4 Å². The molecule has 1 amide bonds. The fourth-order valence-electron chi connectivity index (χ4n) is 3.38. The van der Waals surface area contributed by atoms with Crippen molar-refractivity contribution in [2.75, 3.05) is 43.1 Å². The van der Waals surface area contributed by atoms with E-state index in [4.69, 9.17) is 4.74 Å². The van der Waals surface area contributed by atoms with Gasteiger partial charge >= 0.3 is 0 Å². The fraction of sp³-hybridized carbons (Fsp3) is 0.263. The highest BCUT2D eigenvalue weighted by molar-refractivity contribution is 5.93. The molecule has 0 aliphatic carbocycles. The number of morpholine rings is 1. The lowest BCUT2D eigenvalue weighted by Crippen LogP contribution is -2.42. The van der Waals surface area contributed by atoms with Gasteiger partial charge in [0, 0.05) is 13.1 Å². The lowest BCUT2D eigenvalue weighted by molar-refractivity contribution is -0.125. The van der Waals surface area contributed by atoms with Crippen LogP contribution in [0.25, 0.3) is 17.0 Å². The molecule has 0 spiro atoms. The van der Waals surface area contributed by atoms with Crippen LogP contribution in [0.3, 0.4) is 0 Å². The molecule has 0 atom stereocenters. The number of anilines is 2. The Bertz CT molecular complexity index is 1130. The summed E-state index contributed by atoms with van der Waals surface area (Å²) in [6.07, 6.45) is 5.09. The quantitative estimate of drug-likeness (QED) is 0.688. The van der Waals surface area contributed by atoms with Crippen LogP contribution in [0.15, 0.2) is 48.3 Å². The zero-order chi connectivity index (χ0) is 19.8. The summed E-state index contributed by atoms with van der Waals surface area (Å²) < 4.78 is 20.8. The van der Waals surface area contributed by atoms with Gasteiger partial charge in [-0.1, -0.05) is 6.07 Å². The number of hydrogen-bond donors (Lipinski definition) is 2. The number of carbonyl (C=O) groups is 1. The number of hydrogen-bond acceptors (Lipinski definition) is 7. The molecule has 1 saturated heterocycles. The van der Waals surface area contributed by atoms with Crippen LogP contribution < -0.4 is 15.5 Å². The number of aromatic nitrogens is 4. The molecule has 5 rings (SSSR count). The normalized spacial score (nSPS) is 17.4. The monoisotopic (exact) mass is 395 g/mol. The average Bonchev–Trinajstić information content (AvgIpc) is 3.34. The average molecular weight is 395 g/mol. The molecular formula is C19H18FN7O2. The Kier molecular flexibility index (Phi) is 4.41. The second-order valence-electron chi connectivity index (χ2n) is 6.74. The summed E-state index contributed by atoms with van der Waals surface area (Å²) in [4.78, 5) is 27.1. The molecular weight excluding hydrogens is 377 g/mol. The molecule has 2 aliphatic heterocycles. The Morgan fingerprint density at radius 2 is 2.14 bits per heavy atom. The predicted molar refractivity (Wildman–Crippen MR) is 104 cm³/mol. The minimum absolute atomic E-state index is 0.0487. The van der Waals surface area contributed by atoms with E-state index in [2.05, 4.69) is 25.6 Å². The van der Waals surface area contributed by atoms with Gasteiger partial charge < -0.3 is 15.4 Å². The third kappa shape index (κ3) is 3.32. The van der Waals surface area contributed by atoms with E-state index in [9.17, 15) is 9.18 Å². The van der Waals surface area contributed by atoms with E-state index in [0.29, 0.717) is 48.4 Å². The number of nitrogens with zero attached hydrogens (tertiary/aromatic N) is 5. The van der Waals surface area contributed by atoms with Gasteiger partial charge in [-0.15, -0.1) is 0 Å². The summed E-state index contributed by atoms with van der Waals surface area (Å²) >= 11 is 0.